The number of rotatable bonds is 1. The lowest BCUT2D eigenvalue weighted by atomic mass is 10.3. The maximum absolute atomic E-state index is 12.3. The van der Waals surface area contributed by atoms with Crippen LogP contribution in [0.15, 0.2) is 18.3 Å². The van der Waals surface area contributed by atoms with Gasteiger partial charge in [-0.15, -0.1) is 12.4 Å². The van der Waals surface area contributed by atoms with E-state index in [1.54, 1.807) is 0 Å². The second kappa shape index (κ2) is 5.10. The summed E-state index contributed by atoms with van der Waals surface area (Å²) in [4.78, 5) is 5.71. The zero-order valence-corrected chi connectivity index (χ0v) is 9.76. The minimum atomic E-state index is -4.33. The van der Waals surface area contributed by atoms with E-state index in [1.165, 1.54) is 6.07 Å². The number of nitrogens with two attached hydrogens (primary N) is 1. The molecule has 2 heterocycles. The lowest BCUT2D eigenvalue weighted by Crippen LogP contribution is -2.26. The highest BCUT2D eigenvalue weighted by Gasteiger charge is 2.31. The first-order valence-electron chi connectivity index (χ1n) is 5.00. The molecule has 1 aromatic heterocycles. The molecule has 0 saturated carbocycles. The average Bonchev–Trinajstić information content (AvgIpc) is 2.64. The van der Waals surface area contributed by atoms with Crippen LogP contribution >= 0.6 is 12.4 Å². The van der Waals surface area contributed by atoms with E-state index < -0.39 is 11.7 Å². The first kappa shape index (κ1) is 14.1. The summed E-state index contributed by atoms with van der Waals surface area (Å²) in [5, 5.41) is 0. The van der Waals surface area contributed by atoms with Gasteiger partial charge in [-0.25, -0.2) is 4.98 Å². The Bertz CT molecular complexity index is 366. The first-order valence-corrected chi connectivity index (χ1v) is 5.00. The molecule has 0 amide bonds. The molecule has 1 aromatic rings. The maximum atomic E-state index is 12.3. The maximum Gasteiger partial charge on any atom is 0.417 e. The highest BCUT2D eigenvalue weighted by molar-refractivity contribution is 5.85. The number of hydrogen-bond donors (Lipinski definition) is 1. The molecule has 0 aromatic carbocycles. The average molecular weight is 268 g/mol. The normalized spacial score (nSPS) is 20.2. The van der Waals surface area contributed by atoms with Crippen LogP contribution in [0.5, 0.6) is 0 Å². The number of halogens is 4. The lowest BCUT2D eigenvalue weighted by molar-refractivity contribution is -0.137. The summed E-state index contributed by atoms with van der Waals surface area (Å²) >= 11 is 0. The Morgan fingerprint density at radius 3 is 2.47 bits per heavy atom. The fraction of sp³-hybridized carbons (Fsp3) is 0.500. The molecule has 7 heteroatoms. The van der Waals surface area contributed by atoms with Crippen molar-refractivity contribution < 1.29 is 13.2 Å². The van der Waals surface area contributed by atoms with Crippen molar-refractivity contribution in [3.8, 4) is 0 Å². The molecule has 3 nitrogen and oxygen atoms in total. The van der Waals surface area contributed by atoms with Gasteiger partial charge in [0.2, 0.25) is 0 Å². The van der Waals surface area contributed by atoms with Crippen molar-refractivity contribution in [3.63, 3.8) is 0 Å². The Morgan fingerprint density at radius 1 is 1.35 bits per heavy atom. The monoisotopic (exact) mass is 267 g/mol. The number of pyridine rings is 1. The summed E-state index contributed by atoms with van der Waals surface area (Å²) in [7, 11) is 0. The molecule has 96 valence electrons. The zero-order valence-electron chi connectivity index (χ0n) is 8.94. The second-order valence-corrected chi connectivity index (χ2v) is 3.90. The number of aromatic nitrogens is 1. The topological polar surface area (TPSA) is 42.1 Å². The molecule has 0 spiro atoms. The van der Waals surface area contributed by atoms with Crippen LogP contribution in [0.4, 0.5) is 19.0 Å². The van der Waals surface area contributed by atoms with Crippen molar-refractivity contribution in [3.05, 3.63) is 23.9 Å². The molecule has 1 unspecified atom stereocenters. The van der Waals surface area contributed by atoms with Crippen LogP contribution in [0.25, 0.3) is 0 Å². The van der Waals surface area contributed by atoms with Gasteiger partial charge in [-0.1, -0.05) is 0 Å². The predicted octanol–water partition coefficient (Wildman–Crippen LogP) is 2.06. The molecular formula is C10H13ClF3N3. The Balaban J connectivity index is 0.00000144. The molecule has 2 N–H and O–H groups in total. The molecule has 0 aliphatic carbocycles. The van der Waals surface area contributed by atoms with E-state index >= 15 is 0 Å². The van der Waals surface area contributed by atoms with Crippen LogP contribution < -0.4 is 10.6 Å². The van der Waals surface area contributed by atoms with Gasteiger partial charge in [0.05, 0.1) is 5.56 Å². The van der Waals surface area contributed by atoms with Gasteiger partial charge in [-0.2, -0.15) is 13.2 Å². The van der Waals surface area contributed by atoms with Crippen LogP contribution in [-0.4, -0.2) is 24.1 Å². The Kier molecular flexibility index (Phi) is 4.21. The Morgan fingerprint density at radius 2 is 2.06 bits per heavy atom. The third-order valence-electron chi connectivity index (χ3n) is 2.62. The lowest BCUT2D eigenvalue weighted by Gasteiger charge is -2.17. The molecule has 1 aliphatic heterocycles. The standard InChI is InChI=1S/C10H12F3N3.ClH/c11-10(12,13)7-1-2-9(15-5-7)16-4-3-8(14)6-16;/h1-2,5,8H,3-4,6,14H2;1H. The number of alkyl halides is 3. The molecule has 1 fully saturated rings. The summed E-state index contributed by atoms with van der Waals surface area (Å²) in [5.41, 5.74) is 4.99. The van der Waals surface area contributed by atoms with Crippen molar-refractivity contribution >= 4 is 18.2 Å². The highest BCUT2D eigenvalue weighted by atomic mass is 35.5. The van der Waals surface area contributed by atoms with E-state index in [2.05, 4.69) is 4.98 Å². The van der Waals surface area contributed by atoms with Crippen LogP contribution in [-0.2, 0) is 6.18 Å². The molecule has 1 atom stereocenters. The van der Waals surface area contributed by atoms with Crippen molar-refractivity contribution in [2.24, 2.45) is 5.73 Å². The Labute approximate surface area is 103 Å². The smallest absolute Gasteiger partial charge is 0.355 e. The van der Waals surface area contributed by atoms with Crippen molar-refractivity contribution in [1.29, 1.82) is 0 Å². The summed E-state index contributed by atoms with van der Waals surface area (Å²) in [5.74, 6) is 0.556. The minimum Gasteiger partial charge on any atom is -0.355 e. The number of anilines is 1. The second-order valence-electron chi connectivity index (χ2n) is 3.90. The third-order valence-corrected chi connectivity index (χ3v) is 2.62. The predicted molar refractivity (Wildman–Crippen MR) is 61.3 cm³/mol. The van der Waals surface area contributed by atoms with Gasteiger partial charge in [0.25, 0.3) is 0 Å². The number of hydrogen-bond acceptors (Lipinski definition) is 3. The summed E-state index contributed by atoms with van der Waals surface area (Å²) in [6.07, 6.45) is -2.62. The molecule has 2 rings (SSSR count). The minimum absolute atomic E-state index is 0. The van der Waals surface area contributed by atoms with Crippen molar-refractivity contribution in [2.75, 3.05) is 18.0 Å². The van der Waals surface area contributed by atoms with Crippen molar-refractivity contribution in [1.82, 2.24) is 4.98 Å². The molecule has 0 bridgehead atoms. The van der Waals surface area contributed by atoms with Crippen LogP contribution in [0, 0.1) is 0 Å². The first-order chi connectivity index (χ1) is 7.47. The molecule has 0 radical (unpaired) electrons. The largest absolute Gasteiger partial charge is 0.417 e. The van der Waals surface area contributed by atoms with Gasteiger partial charge in [0.1, 0.15) is 5.82 Å². The third kappa shape index (κ3) is 3.23. The molecule has 1 saturated heterocycles. The Hall–Kier alpha value is -1.01. The summed E-state index contributed by atoms with van der Waals surface area (Å²) < 4.78 is 36.9. The van der Waals surface area contributed by atoms with Crippen LogP contribution in [0.3, 0.4) is 0 Å². The van der Waals surface area contributed by atoms with Crippen LogP contribution in [0.2, 0.25) is 0 Å². The summed E-state index contributed by atoms with van der Waals surface area (Å²) in [6, 6.07) is 2.52. The van der Waals surface area contributed by atoms with E-state index in [-0.39, 0.29) is 18.4 Å². The highest BCUT2D eigenvalue weighted by Crippen LogP contribution is 2.29. The SMILES string of the molecule is Cl.NC1CCN(c2ccc(C(F)(F)F)cn2)C1. The molecule has 1 aliphatic rings. The fourth-order valence-electron chi connectivity index (χ4n) is 1.74. The van der Waals surface area contributed by atoms with E-state index in [1.807, 2.05) is 4.90 Å². The summed E-state index contributed by atoms with van der Waals surface area (Å²) in [6.45, 7) is 1.40. The zero-order chi connectivity index (χ0) is 11.8. The van der Waals surface area contributed by atoms with Crippen molar-refractivity contribution in [2.45, 2.75) is 18.6 Å². The van der Waals surface area contributed by atoms with E-state index in [0.717, 1.165) is 25.2 Å². The fourth-order valence-corrected chi connectivity index (χ4v) is 1.74. The number of nitrogens with zero attached hydrogens (tertiary/aromatic N) is 2. The van der Waals surface area contributed by atoms with Crippen LogP contribution in [0.1, 0.15) is 12.0 Å². The van der Waals surface area contributed by atoms with Gasteiger partial charge in [0.15, 0.2) is 0 Å². The van der Waals surface area contributed by atoms with E-state index in [9.17, 15) is 13.2 Å². The van der Waals surface area contributed by atoms with Gasteiger partial charge >= 0.3 is 6.18 Å². The van der Waals surface area contributed by atoms with Gasteiger partial charge in [0, 0.05) is 25.3 Å². The van der Waals surface area contributed by atoms with E-state index in [4.69, 9.17) is 5.73 Å². The quantitative estimate of drug-likeness (QED) is 0.847. The molecular weight excluding hydrogens is 255 g/mol. The van der Waals surface area contributed by atoms with E-state index in [0.29, 0.717) is 12.4 Å². The van der Waals surface area contributed by atoms with Gasteiger partial charge in [-0.05, 0) is 18.6 Å². The van der Waals surface area contributed by atoms with Gasteiger partial charge < -0.3 is 10.6 Å². The van der Waals surface area contributed by atoms with Gasteiger partial charge in [-0.3, -0.25) is 0 Å². The molecule has 17 heavy (non-hydrogen) atoms.